The number of nitrogens with zero attached hydrogens (tertiary/aromatic N) is 4. The van der Waals surface area contributed by atoms with Crippen LogP contribution in [0.3, 0.4) is 0 Å². The number of nitrogens with two attached hydrogens (primary N) is 2. The molecule has 0 saturated heterocycles. The number of nitrogen functional groups attached to an aromatic ring is 2. The minimum atomic E-state index is 0.466. The molecular weight excluding hydrogens is 204 g/mol. The summed E-state index contributed by atoms with van der Waals surface area (Å²) in [6, 6.07) is 0. The molecule has 2 aromatic heterocycles. The lowest BCUT2D eigenvalue weighted by molar-refractivity contribution is 0.603. The van der Waals surface area contributed by atoms with E-state index in [0.717, 1.165) is 18.5 Å². The van der Waals surface area contributed by atoms with Gasteiger partial charge in [0.05, 0.1) is 6.20 Å². The highest BCUT2D eigenvalue weighted by atomic mass is 15.4. The van der Waals surface area contributed by atoms with E-state index in [9.17, 15) is 0 Å². The van der Waals surface area contributed by atoms with E-state index in [1.54, 1.807) is 6.20 Å². The van der Waals surface area contributed by atoms with Gasteiger partial charge in [0.1, 0.15) is 11.5 Å². The van der Waals surface area contributed by atoms with Gasteiger partial charge in [-0.3, -0.25) is 4.68 Å². The van der Waals surface area contributed by atoms with E-state index in [1.165, 1.54) is 4.68 Å². The van der Waals surface area contributed by atoms with Gasteiger partial charge in [0.15, 0.2) is 5.82 Å². The molecular formula is C10H16N6. The second-order valence-corrected chi connectivity index (χ2v) is 3.75. The number of hydrogen-bond donors (Lipinski definition) is 2. The minimum Gasteiger partial charge on any atom is -0.382 e. The van der Waals surface area contributed by atoms with Gasteiger partial charge < -0.3 is 11.6 Å². The van der Waals surface area contributed by atoms with Gasteiger partial charge in [-0.1, -0.05) is 6.92 Å². The molecule has 0 spiro atoms. The highest BCUT2D eigenvalue weighted by molar-refractivity contribution is 5.69. The molecule has 0 aromatic carbocycles. The first-order valence-corrected chi connectivity index (χ1v) is 5.26. The molecule has 2 heterocycles. The number of hydrogen-bond acceptors (Lipinski definition) is 4. The molecule has 86 valence electrons. The quantitative estimate of drug-likeness (QED) is 0.747. The zero-order valence-corrected chi connectivity index (χ0v) is 9.51. The Morgan fingerprint density at radius 2 is 2.19 bits per heavy atom. The van der Waals surface area contributed by atoms with Gasteiger partial charge in [0, 0.05) is 18.3 Å². The Kier molecular flexibility index (Phi) is 2.55. The molecule has 6 nitrogen and oxygen atoms in total. The summed E-state index contributed by atoms with van der Waals surface area (Å²) in [6.07, 6.45) is 4.73. The minimum absolute atomic E-state index is 0.466. The molecule has 0 amide bonds. The lowest BCUT2D eigenvalue weighted by Crippen LogP contribution is -2.13. The molecule has 4 N–H and O–H groups in total. The Bertz CT molecular complexity index is 495. The molecule has 0 saturated carbocycles. The van der Waals surface area contributed by atoms with Crippen molar-refractivity contribution in [1.29, 1.82) is 0 Å². The van der Waals surface area contributed by atoms with Gasteiger partial charge in [0.25, 0.3) is 0 Å². The predicted octanol–water partition coefficient (Wildman–Crippen LogP) is 0.761. The Morgan fingerprint density at radius 1 is 1.44 bits per heavy atom. The SMILES string of the molecule is CCCn1cc(-c2nc(C)n(N)c2N)cn1. The smallest absolute Gasteiger partial charge is 0.150 e. The van der Waals surface area contributed by atoms with Crippen molar-refractivity contribution in [3.63, 3.8) is 0 Å². The average Bonchev–Trinajstić information content (AvgIpc) is 2.80. The Labute approximate surface area is 93.8 Å². The average molecular weight is 220 g/mol. The first kappa shape index (κ1) is 10.5. The topological polar surface area (TPSA) is 87.7 Å². The first-order chi connectivity index (χ1) is 7.63. The van der Waals surface area contributed by atoms with Crippen LogP contribution in [0.5, 0.6) is 0 Å². The molecule has 0 atom stereocenters. The normalized spacial score (nSPS) is 10.9. The van der Waals surface area contributed by atoms with Crippen LogP contribution in [0, 0.1) is 6.92 Å². The second-order valence-electron chi connectivity index (χ2n) is 3.75. The van der Waals surface area contributed by atoms with Gasteiger partial charge in [-0.05, 0) is 13.3 Å². The third kappa shape index (κ3) is 1.62. The molecule has 16 heavy (non-hydrogen) atoms. The molecule has 0 bridgehead atoms. The summed E-state index contributed by atoms with van der Waals surface area (Å²) in [4.78, 5) is 4.31. The first-order valence-electron chi connectivity index (χ1n) is 5.26. The van der Waals surface area contributed by atoms with Crippen LogP contribution in [0.15, 0.2) is 12.4 Å². The summed E-state index contributed by atoms with van der Waals surface area (Å²) in [5.74, 6) is 6.86. The monoisotopic (exact) mass is 220 g/mol. The number of aromatic nitrogens is 4. The summed E-state index contributed by atoms with van der Waals surface area (Å²) in [7, 11) is 0. The maximum absolute atomic E-state index is 5.86. The van der Waals surface area contributed by atoms with E-state index < -0.39 is 0 Å². The Balaban J connectivity index is 2.38. The van der Waals surface area contributed by atoms with Gasteiger partial charge in [-0.15, -0.1) is 0 Å². The number of anilines is 1. The number of aryl methyl sites for hydroxylation is 2. The zero-order valence-electron chi connectivity index (χ0n) is 9.51. The van der Waals surface area contributed by atoms with Gasteiger partial charge in [0.2, 0.25) is 0 Å². The molecule has 2 rings (SSSR count). The number of imidazole rings is 1. The summed E-state index contributed by atoms with van der Waals surface area (Å²) in [5.41, 5.74) is 7.45. The van der Waals surface area contributed by atoms with E-state index in [2.05, 4.69) is 17.0 Å². The molecule has 0 unspecified atom stereocenters. The van der Waals surface area contributed by atoms with E-state index in [-0.39, 0.29) is 0 Å². The van der Waals surface area contributed by atoms with Crippen molar-refractivity contribution in [3.8, 4) is 11.3 Å². The molecule has 6 heteroatoms. The van der Waals surface area contributed by atoms with Crippen LogP contribution in [0.1, 0.15) is 19.2 Å². The van der Waals surface area contributed by atoms with Crippen molar-refractivity contribution in [2.45, 2.75) is 26.8 Å². The fourth-order valence-electron chi connectivity index (χ4n) is 1.61. The van der Waals surface area contributed by atoms with E-state index >= 15 is 0 Å². The third-order valence-electron chi connectivity index (χ3n) is 2.48. The summed E-state index contributed by atoms with van der Waals surface area (Å²) < 4.78 is 3.26. The van der Waals surface area contributed by atoms with Crippen LogP contribution in [-0.2, 0) is 6.54 Å². The molecule has 2 aromatic rings. The van der Waals surface area contributed by atoms with Crippen molar-refractivity contribution in [1.82, 2.24) is 19.4 Å². The molecule has 0 aliphatic heterocycles. The maximum Gasteiger partial charge on any atom is 0.150 e. The third-order valence-corrected chi connectivity index (χ3v) is 2.48. The Morgan fingerprint density at radius 3 is 2.75 bits per heavy atom. The van der Waals surface area contributed by atoms with E-state index in [4.69, 9.17) is 11.6 Å². The molecule has 0 fully saturated rings. The van der Waals surface area contributed by atoms with Crippen LogP contribution in [-0.4, -0.2) is 19.4 Å². The Hall–Kier alpha value is -1.98. The summed E-state index contributed by atoms with van der Waals surface area (Å²) in [5, 5.41) is 4.23. The highest BCUT2D eigenvalue weighted by Gasteiger charge is 2.13. The highest BCUT2D eigenvalue weighted by Crippen LogP contribution is 2.23. The standard InChI is InChI=1S/C10H16N6/c1-3-4-15-6-8(5-13-15)9-10(11)16(12)7(2)14-9/h5-6H,3-4,11-12H2,1-2H3. The molecule has 0 aliphatic rings. The maximum atomic E-state index is 5.86. The van der Waals surface area contributed by atoms with Crippen LogP contribution >= 0.6 is 0 Å². The van der Waals surface area contributed by atoms with Crippen LogP contribution in [0.25, 0.3) is 11.3 Å². The van der Waals surface area contributed by atoms with Crippen LogP contribution < -0.4 is 11.6 Å². The zero-order chi connectivity index (χ0) is 11.7. The predicted molar refractivity (Wildman–Crippen MR) is 63.0 cm³/mol. The fourth-order valence-corrected chi connectivity index (χ4v) is 1.61. The van der Waals surface area contributed by atoms with E-state index in [0.29, 0.717) is 17.3 Å². The largest absolute Gasteiger partial charge is 0.382 e. The fraction of sp³-hybridized carbons (Fsp3) is 0.400. The van der Waals surface area contributed by atoms with Gasteiger partial charge in [-0.2, -0.15) is 5.10 Å². The summed E-state index contributed by atoms with van der Waals surface area (Å²) >= 11 is 0. The second kappa shape index (κ2) is 3.88. The van der Waals surface area contributed by atoms with E-state index in [1.807, 2.05) is 17.8 Å². The van der Waals surface area contributed by atoms with Crippen molar-refractivity contribution in [3.05, 3.63) is 18.2 Å². The van der Waals surface area contributed by atoms with Crippen molar-refractivity contribution in [2.75, 3.05) is 11.6 Å². The van der Waals surface area contributed by atoms with Gasteiger partial charge in [-0.25, -0.2) is 9.66 Å². The lowest BCUT2D eigenvalue weighted by atomic mass is 10.2. The summed E-state index contributed by atoms with van der Waals surface area (Å²) in [6.45, 7) is 4.81. The molecule has 0 aliphatic carbocycles. The number of rotatable bonds is 3. The van der Waals surface area contributed by atoms with Crippen molar-refractivity contribution in [2.24, 2.45) is 0 Å². The van der Waals surface area contributed by atoms with Crippen LogP contribution in [0.4, 0.5) is 5.82 Å². The lowest BCUT2D eigenvalue weighted by Gasteiger charge is -1.97. The van der Waals surface area contributed by atoms with Crippen molar-refractivity contribution < 1.29 is 0 Å². The van der Waals surface area contributed by atoms with Gasteiger partial charge >= 0.3 is 0 Å². The van der Waals surface area contributed by atoms with Crippen molar-refractivity contribution >= 4 is 5.82 Å². The molecule has 0 radical (unpaired) electrons. The van der Waals surface area contributed by atoms with Crippen LogP contribution in [0.2, 0.25) is 0 Å².